The van der Waals surface area contributed by atoms with Crippen molar-refractivity contribution >= 4 is 0 Å². The van der Waals surface area contributed by atoms with Crippen molar-refractivity contribution in [2.45, 2.75) is 32.5 Å². The third-order valence-electron chi connectivity index (χ3n) is 2.79. The van der Waals surface area contributed by atoms with Gasteiger partial charge in [0, 0.05) is 5.56 Å². The van der Waals surface area contributed by atoms with E-state index >= 15 is 0 Å². The van der Waals surface area contributed by atoms with Crippen LogP contribution in [-0.4, -0.2) is 32.5 Å². The predicted octanol–water partition coefficient (Wildman–Crippen LogP) is 3.70. The summed E-state index contributed by atoms with van der Waals surface area (Å²) in [6, 6.07) is 7.00. The molecule has 120 valence electrons. The smallest absolute Gasteiger partial charge is 0.411 e. The second-order valence-corrected chi connectivity index (χ2v) is 4.61. The highest BCUT2D eigenvalue weighted by molar-refractivity contribution is 5.36. The van der Waals surface area contributed by atoms with Crippen molar-refractivity contribution in [3.05, 3.63) is 29.8 Å². The van der Waals surface area contributed by atoms with Crippen LogP contribution in [0.25, 0.3) is 0 Å². The summed E-state index contributed by atoms with van der Waals surface area (Å²) in [6.07, 6.45) is -3.43. The molecule has 1 aromatic rings. The van der Waals surface area contributed by atoms with Crippen LogP contribution in [0.2, 0.25) is 0 Å². The maximum Gasteiger partial charge on any atom is 0.411 e. The van der Waals surface area contributed by atoms with E-state index in [1.165, 1.54) is 0 Å². The molecule has 1 atom stereocenters. The van der Waals surface area contributed by atoms with Gasteiger partial charge in [-0.1, -0.05) is 25.1 Å². The number of hydrogen-bond acceptors (Lipinski definition) is 3. The predicted molar refractivity (Wildman–Crippen MR) is 75.5 cm³/mol. The van der Waals surface area contributed by atoms with Crippen LogP contribution in [0, 0.1) is 0 Å². The Labute approximate surface area is 123 Å². The summed E-state index contributed by atoms with van der Waals surface area (Å²) < 4.78 is 46.9. The van der Waals surface area contributed by atoms with Gasteiger partial charge in [-0.3, -0.25) is 0 Å². The van der Waals surface area contributed by atoms with E-state index < -0.39 is 12.8 Å². The molecule has 0 saturated heterocycles. The fourth-order valence-electron chi connectivity index (χ4n) is 1.93. The first-order valence-electron chi connectivity index (χ1n) is 7.07. The average Bonchev–Trinajstić information content (AvgIpc) is 2.42. The van der Waals surface area contributed by atoms with E-state index in [0.29, 0.717) is 18.9 Å². The van der Waals surface area contributed by atoms with E-state index in [9.17, 15) is 13.2 Å². The van der Waals surface area contributed by atoms with Gasteiger partial charge in [0.15, 0.2) is 0 Å². The Morgan fingerprint density at radius 3 is 2.52 bits per heavy atom. The molecule has 0 aliphatic heterocycles. The van der Waals surface area contributed by atoms with Gasteiger partial charge >= 0.3 is 6.18 Å². The fraction of sp³-hybridized carbons (Fsp3) is 0.600. The minimum atomic E-state index is -4.31. The van der Waals surface area contributed by atoms with Crippen LogP contribution < -0.4 is 10.1 Å². The van der Waals surface area contributed by atoms with Crippen molar-refractivity contribution in [1.29, 1.82) is 0 Å². The molecule has 1 aromatic carbocycles. The van der Waals surface area contributed by atoms with Crippen molar-refractivity contribution < 1.29 is 22.6 Å². The van der Waals surface area contributed by atoms with Crippen LogP contribution in [0.5, 0.6) is 5.75 Å². The molecule has 3 nitrogen and oxygen atoms in total. The molecule has 1 N–H and O–H groups in total. The van der Waals surface area contributed by atoms with Gasteiger partial charge < -0.3 is 14.8 Å². The van der Waals surface area contributed by atoms with Gasteiger partial charge in [0.2, 0.25) is 0 Å². The molecule has 6 heteroatoms. The lowest BCUT2D eigenvalue weighted by Gasteiger charge is -2.22. The first-order valence-corrected chi connectivity index (χ1v) is 7.07. The second kappa shape index (κ2) is 8.89. The maximum absolute atomic E-state index is 12.2. The van der Waals surface area contributed by atoms with Gasteiger partial charge in [-0.2, -0.15) is 13.2 Å². The highest BCUT2D eigenvalue weighted by Gasteiger charge is 2.28. The summed E-state index contributed by atoms with van der Waals surface area (Å²) in [6.45, 7) is 3.76. The van der Waals surface area contributed by atoms with E-state index in [1.54, 1.807) is 0 Å². The van der Waals surface area contributed by atoms with Gasteiger partial charge in [0.25, 0.3) is 0 Å². The number of hydrogen-bond donors (Lipinski definition) is 1. The van der Waals surface area contributed by atoms with E-state index in [1.807, 2.05) is 38.1 Å². The Hall–Kier alpha value is -1.27. The Bertz CT molecular complexity index is 410. The zero-order valence-electron chi connectivity index (χ0n) is 12.4. The lowest BCUT2D eigenvalue weighted by atomic mass is 10.1. The first kappa shape index (κ1) is 17.8. The Kier molecular flexibility index (Phi) is 7.53. The summed E-state index contributed by atoms with van der Waals surface area (Å²) in [5, 5.41) is 3.20. The van der Waals surface area contributed by atoms with Crippen LogP contribution >= 0.6 is 0 Å². The topological polar surface area (TPSA) is 30.5 Å². The van der Waals surface area contributed by atoms with Gasteiger partial charge in [0.05, 0.1) is 19.3 Å². The molecule has 0 aliphatic carbocycles. The second-order valence-electron chi connectivity index (χ2n) is 4.61. The quantitative estimate of drug-likeness (QED) is 0.754. The maximum atomic E-state index is 12.2. The molecule has 1 unspecified atom stereocenters. The van der Waals surface area contributed by atoms with Crippen molar-refractivity contribution in [2.75, 3.05) is 26.4 Å². The number of ether oxygens (including phenoxy) is 2. The molecule has 0 fully saturated rings. The van der Waals surface area contributed by atoms with Crippen molar-refractivity contribution in [3.63, 3.8) is 0 Å². The van der Waals surface area contributed by atoms with Gasteiger partial charge in [-0.05, 0) is 26.0 Å². The van der Waals surface area contributed by atoms with Crippen LogP contribution in [0.4, 0.5) is 13.2 Å². The molecule has 0 spiro atoms. The molecule has 0 aromatic heterocycles. The summed E-state index contributed by atoms with van der Waals surface area (Å²) in [4.78, 5) is 0. The molecule has 0 aliphatic rings. The summed E-state index contributed by atoms with van der Waals surface area (Å²) in [5.74, 6) is 0.671. The number of rotatable bonds is 9. The van der Waals surface area contributed by atoms with Crippen LogP contribution in [0.3, 0.4) is 0 Å². The first-order chi connectivity index (χ1) is 9.98. The monoisotopic (exact) mass is 305 g/mol. The summed E-state index contributed by atoms with van der Waals surface area (Å²) >= 11 is 0. The fourth-order valence-corrected chi connectivity index (χ4v) is 1.93. The third kappa shape index (κ3) is 6.82. The Morgan fingerprint density at radius 1 is 1.19 bits per heavy atom. The zero-order chi connectivity index (χ0) is 15.7. The van der Waals surface area contributed by atoms with Crippen LogP contribution in [0.15, 0.2) is 24.3 Å². The van der Waals surface area contributed by atoms with Crippen molar-refractivity contribution in [1.82, 2.24) is 5.32 Å². The van der Waals surface area contributed by atoms with E-state index in [2.05, 4.69) is 5.32 Å². The van der Waals surface area contributed by atoms with Gasteiger partial charge in [-0.15, -0.1) is 0 Å². The van der Waals surface area contributed by atoms with E-state index in [-0.39, 0.29) is 12.6 Å². The summed E-state index contributed by atoms with van der Waals surface area (Å²) in [7, 11) is 0. The van der Waals surface area contributed by atoms with Crippen LogP contribution in [-0.2, 0) is 4.74 Å². The van der Waals surface area contributed by atoms with E-state index in [0.717, 1.165) is 12.0 Å². The molecule has 0 radical (unpaired) electrons. The Morgan fingerprint density at radius 2 is 1.90 bits per heavy atom. The molecule has 21 heavy (non-hydrogen) atoms. The molecule has 0 bridgehead atoms. The largest absolute Gasteiger partial charge is 0.494 e. The third-order valence-corrected chi connectivity index (χ3v) is 2.79. The molecule has 1 rings (SSSR count). The minimum Gasteiger partial charge on any atom is -0.494 e. The number of para-hydroxylation sites is 1. The van der Waals surface area contributed by atoms with Crippen LogP contribution in [0.1, 0.15) is 31.9 Å². The molecule has 0 heterocycles. The van der Waals surface area contributed by atoms with Gasteiger partial charge in [0.1, 0.15) is 12.4 Å². The lowest BCUT2D eigenvalue weighted by molar-refractivity contribution is -0.175. The van der Waals surface area contributed by atoms with Crippen molar-refractivity contribution in [2.24, 2.45) is 0 Å². The molecular weight excluding hydrogens is 283 g/mol. The normalized spacial score (nSPS) is 13.2. The van der Waals surface area contributed by atoms with Crippen molar-refractivity contribution in [3.8, 4) is 5.75 Å². The highest BCUT2D eigenvalue weighted by atomic mass is 19.4. The minimum absolute atomic E-state index is 0.0520. The average molecular weight is 305 g/mol. The lowest BCUT2D eigenvalue weighted by Crippen LogP contribution is -2.29. The highest BCUT2D eigenvalue weighted by Crippen LogP contribution is 2.26. The number of benzene rings is 1. The number of alkyl halides is 3. The molecule has 0 amide bonds. The molecular formula is C15H22F3NO2. The number of halogens is 3. The molecule has 0 saturated carbocycles. The SMILES string of the molecule is CCCNC(COCC(F)(F)F)c1ccccc1OCC. The summed E-state index contributed by atoms with van der Waals surface area (Å²) in [5.41, 5.74) is 0.815. The number of nitrogens with one attached hydrogen (secondary N) is 1. The van der Waals surface area contributed by atoms with E-state index in [4.69, 9.17) is 9.47 Å². The standard InChI is InChI=1S/C15H22F3NO2/c1-3-9-19-13(10-20-11-15(16,17)18)12-7-5-6-8-14(12)21-4-2/h5-8,13,19H,3-4,9-11H2,1-2H3. The van der Waals surface area contributed by atoms with Gasteiger partial charge in [-0.25, -0.2) is 0 Å². The Balaban J connectivity index is 2.76. The zero-order valence-corrected chi connectivity index (χ0v) is 12.4.